The zero-order chi connectivity index (χ0) is 9.26. The Morgan fingerprint density at radius 2 is 2.08 bits per heavy atom. The number of nitrogens with zero attached hydrogens (tertiary/aromatic N) is 3. The molecular formula is C10H15N3. The second kappa shape index (κ2) is 3.32. The largest absolute Gasteiger partial charge is 0.353 e. The minimum absolute atomic E-state index is 0.524. The molecule has 3 heteroatoms. The average molecular weight is 177 g/mol. The molecule has 0 N–H and O–H groups in total. The summed E-state index contributed by atoms with van der Waals surface area (Å²) in [6.07, 6.45) is 5.83. The van der Waals surface area contributed by atoms with Crippen LogP contribution in [0.4, 0.5) is 5.82 Å². The summed E-state index contributed by atoms with van der Waals surface area (Å²) in [5, 5.41) is 0. The van der Waals surface area contributed by atoms with Crippen molar-refractivity contribution in [3.8, 4) is 0 Å². The molecule has 0 atom stereocenters. The Kier molecular flexibility index (Phi) is 2.17. The summed E-state index contributed by atoms with van der Waals surface area (Å²) < 4.78 is 0. The molecule has 70 valence electrons. The summed E-state index contributed by atoms with van der Waals surface area (Å²) in [4.78, 5) is 11.1. The number of hydrogen-bond donors (Lipinski definition) is 0. The summed E-state index contributed by atoms with van der Waals surface area (Å²) >= 11 is 0. The van der Waals surface area contributed by atoms with Crippen molar-refractivity contribution < 1.29 is 0 Å². The average Bonchev–Trinajstić information content (AvgIpc) is 2.17. The monoisotopic (exact) mass is 177 g/mol. The van der Waals surface area contributed by atoms with E-state index in [-0.39, 0.29) is 0 Å². The number of anilines is 1. The van der Waals surface area contributed by atoms with Crippen molar-refractivity contribution in [1.82, 2.24) is 9.97 Å². The van der Waals surface area contributed by atoms with Gasteiger partial charge in [-0.2, -0.15) is 0 Å². The lowest BCUT2D eigenvalue weighted by Gasteiger charge is -2.32. The van der Waals surface area contributed by atoms with E-state index in [1.165, 1.54) is 6.42 Å². The molecule has 2 heterocycles. The van der Waals surface area contributed by atoms with Crippen molar-refractivity contribution in [2.45, 2.75) is 32.7 Å². The first-order valence-electron chi connectivity index (χ1n) is 4.85. The Morgan fingerprint density at radius 3 is 2.85 bits per heavy atom. The molecule has 13 heavy (non-hydrogen) atoms. The van der Waals surface area contributed by atoms with Crippen LogP contribution in [0.15, 0.2) is 12.4 Å². The van der Waals surface area contributed by atoms with Gasteiger partial charge in [-0.25, -0.2) is 4.98 Å². The van der Waals surface area contributed by atoms with Gasteiger partial charge in [-0.3, -0.25) is 4.98 Å². The van der Waals surface area contributed by atoms with E-state index in [9.17, 15) is 0 Å². The van der Waals surface area contributed by atoms with E-state index in [0.29, 0.717) is 6.04 Å². The van der Waals surface area contributed by atoms with Gasteiger partial charge >= 0.3 is 0 Å². The number of hydrogen-bond acceptors (Lipinski definition) is 3. The fraction of sp³-hybridized carbons (Fsp3) is 0.600. The standard InChI is InChI=1S/C10H15N3/c1-8(2)13-7-3-4-9-10(13)12-6-5-11-9/h5-6,8H,3-4,7H2,1-2H3. The smallest absolute Gasteiger partial charge is 0.150 e. The Hall–Kier alpha value is -1.12. The van der Waals surface area contributed by atoms with E-state index in [4.69, 9.17) is 0 Å². The molecule has 0 saturated carbocycles. The van der Waals surface area contributed by atoms with Crippen molar-refractivity contribution in [2.24, 2.45) is 0 Å². The minimum Gasteiger partial charge on any atom is -0.353 e. The number of aromatic nitrogens is 2. The van der Waals surface area contributed by atoms with Crippen LogP contribution in [0, 0.1) is 0 Å². The lowest BCUT2D eigenvalue weighted by atomic mass is 10.1. The fourth-order valence-corrected chi connectivity index (χ4v) is 1.80. The molecule has 0 radical (unpaired) electrons. The van der Waals surface area contributed by atoms with Crippen LogP contribution in [0.1, 0.15) is 26.0 Å². The van der Waals surface area contributed by atoms with Gasteiger partial charge in [0.1, 0.15) is 0 Å². The maximum Gasteiger partial charge on any atom is 0.150 e. The third-order valence-corrected chi connectivity index (χ3v) is 2.46. The first-order chi connectivity index (χ1) is 6.29. The molecule has 0 aliphatic carbocycles. The Balaban J connectivity index is 2.37. The Bertz CT molecular complexity index is 296. The van der Waals surface area contributed by atoms with Gasteiger partial charge in [0.15, 0.2) is 5.82 Å². The quantitative estimate of drug-likeness (QED) is 0.653. The lowest BCUT2D eigenvalue weighted by molar-refractivity contribution is 0.606. The van der Waals surface area contributed by atoms with Crippen LogP contribution >= 0.6 is 0 Å². The lowest BCUT2D eigenvalue weighted by Crippen LogP contribution is -2.36. The molecule has 3 nitrogen and oxygen atoms in total. The first-order valence-corrected chi connectivity index (χ1v) is 4.85. The van der Waals surface area contributed by atoms with Crippen LogP contribution in [-0.4, -0.2) is 22.6 Å². The molecule has 0 spiro atoms. The third kappa shape index (κ3) is 1.50. The molecule has 1 aromatic rings. The molecule has 0 amide bonds. The molecule has 0 aromatic carbocycles. The van der Waals surface area contributed by atoms with E-state index >= 15 is 0 Å². The summed E-state index contributed by atoms with van der Waals surface area (Å²) in [7, 11) is 0. The zero-order valence-corrected chi connectivity index (χ0v) is 8.20. The third-order valence-electron chi connectivity index (χ3n) is 2.46. The molecule has 1 aliphatic rings. The predicted molar refractivity (Wildman–Crippen MR) is 52.8 cm³/mol. The number of fused-ring (bicyclic) bond motifs is 1. The van der Waals surface area contributed by atoms with Crippen molar-refractivity contribution in [1.29, 1.82) is 0 Å². The van der Waals surface area contributed by atoms with Crippen LogP contribution in [-0.2, 0) is 6.42 Å². The summed E-state index contributed by atoms with van der Waals surface area (Å²) in [5.41, 5.74) is 1.16. The van der Waals surface area contributed by atoms with Gasteiger partial charge in [0, 0.05) is 25.0 Å². The second-order valence-electron chi connectivity index (χ2n) is 3.72. The highest BCUT2D eigenvalue weighted by Gasteiger charge is 2.20. The van der Waals surface area contributed by atoms with Gasteiger partial charge in [-0.1, -0.05) is 0 Å². The Labute approximate surface area is 78.8 Å². The van der Waals surface area contributed by atoms with Crippen LogP contribution in [0.25, 0.3) is 0 Å². The van der Waals surface area contributed by atoms with Gasteiger partial charge < -0.3 is 4.90 Å². The zero-order valence-electron chi connectivity index (χ0n) is 8.20. The molecule has 1 aromatic heterocycles. The molecule has 2 rings (SSSR count). The van der Waals surface area contributed by atoms with Crippen molar-refractivity contribution >= 4 is 5.82 Å². The minimum atomic E-state index is 0.524. The maximum atomic E-state index is 4.39. The summed E-state index contributed by atoms with van der Waals surface area (Å²) in [6.45, 7) is 5.51. The van der Waals surface area contributed by atoms with Gasteiger partial charge in [-0.05, 0) is 26.7 Å². The van der Waals surface area contributed by atoms with Crippen LogP contribution < -0.4 is 4.90 Å². The van der Waals surface area contributed by atoms with E-state index in [0.717, 1.165) is 24.5 Å². The van der Waals surface area contributed by atoms with E-state index in [1.54, 1.807) is 12.4 Å². The highest BCUT2D eigenvalue weighted by atomic mass is 15.2. The van der Waals surface area contributed by atoms with Gasteiger partial charge in [0.2, 0.25) is 0 Å². The highest BCUT2D eigenvalue weighted by molar-refractivity contribution is 5.45. The molecule has 0 bridgehead atoms. The van der Waals surface area contributed by atoms with Crippen molar-refractivity contribution in [2.75, 3.05) is 11.4 Å². The molecule has 0 saturated heterocycles. The molecule has 1 aliphatic heterocycles. The van der Waals surface area contributed by atoms with E-state index < -0.39 is 0 Å². The first kappa shape index (κ1) is 8.48. The van der Waals surface area contributed by atoms with Gasteiger partial charge in [0.05, 0.1) is 5.69 Å². The SMILES string of the molecule is CC(C)N1CCCc2nccnc21. The number of aryl methyl sites for hydroxylation is 1. The Morgan fingerprint density at radius 1 is 1.31 bits per heavy atom. The highest BCUT2D eigenvalue weighted by Crippen LogP contribution is 2.23. The van der Waals surface area contributed by atoms with E-state index in [2.05, 4.69) is 28.7 Å². The number of rotatable bonds is 1. The second-order valence-corrected chi connectivity index (χ2v) is 3.72. The summed E-state index contributed by atoms with van der Waals surface area (Å²) in [6, 6.07) is 0.524. The topological polar surface area (TPSA) is 29.0 Å². The summed E-state index contributed by atoms with van der Waals surface area (Å²) in [5.74, 6) is 1.09. The van der Waals surface area contributed by atoms with Crippen LogP contribution in [0.3, 0.4) is 0 Å². The fourth-order valence-electron chi connectivity index (χ4n) is 1.80. The van der Waals surface area contributed by atoms with Crippen molar-refractivity contribution in [3.05, 3.63) is 18.1 Å². The molecule has 0 unspecified atom stereocenters. The van der Waals surface area contributed by atoms with Crippen LogP contribution in [0.2, 0.25) is 0 Å². The maximum absolute atomic E-state index is 4.39. The predicted octanol–water partition coefficient (Wildman–Crippen LogP) is 1.64. The molecular weight excluding hydrogens is 162 g/mol. The van der Waals surface area contributed by atoms with E-state index in [1.807, 2.05) is 0 Å². The van der Waals surface area contributed by atoms with Crippen molar-refractivity contribution in [3.63, 3.8) is 0 Å². The van der Waals surface area contributed by atoms with Crippen LogP contribution in [0.5, 0.6) is 0 Å². The van der Waals surface area contributed by atoms with Gasteiger partial charge in [-0.15, -0.1) is 0 Å². The normalized spacial score (nSPS) is 16.1. The van der Waals surface area contributed by atoms with Gasteiger partial charge in [0.25, 0.3) is 0 Å². The molecule has 0 fully saturated rings.